The van der Waals surface area contributed by atoms with Gasteiger partial charge < -0.3 is 15.6 Å². The van der Waals surface area contributed by atoms with Gasteiger partial charge in [-0.15, -0.1) is 0 Å². The molecule has 3 aromatic rings. The third-order valence-electron chi connectivity index (χ3n) is 3.54. The predicted octanol–water partition coefficient (Wildman–Crippen LogP) is 2.12. The van der Waals surface area contributed by atoms with Crippen molar-refractivity contribution < 1.29 is 9.59 Å². The highest BCUT2D eigenvalue weighted by atomic mass is 16.2. The van der Waals surface area contributed by atoms with Gasteiger partial charge in [-0.1, -0.05) is 12.1 Å². The summed E-state index contributed by atoms with van der Waals surface area (Å²) in [6, 6.07) is 10.8. The highest BCUT2D eigenvalue weighted by Crippen LogP contribution is 2.29. The minimum absolute atomic E-state index is 0.0642. The Labute approximate surface area is 121 Å². The average Bonchev–Trinajstić information content (AvgIpc) is 2.83. The number of aromatic nitrogens is 1. The molecule has 106 valence electrons. The lowest BCUT2D eigenvalue weighted by Gasteiger charge is -2.09. The first-order valence-corrected chi connectivity index (χ1v) is 6.55. The maximum absolute atomic E-state index is 12.0. The minimum Gasteiger partial charge on any atom is -0.366 e. The van der Waals surface area contributed by atoms with Crippen LogP contribution < -0.4 is 5.73 Å². The Morgan fingerprint density at radius 3 is 2.52 bits per heavy atom. The number of hydrogen-bond acceptors (Lipinski definition) is 2. The predicted molar refractivity (Wildman–Crippen MR) is 82.3 cm³/mol. The molecule has 0 aliphatic rings. The number of amides is 2. The summed E-state index contributed by atoms with van der Waals surface area (Å²) < 4.78 is 0. The molecule has 0 saturated carbocycles. The molecule has 1 heterocycles. The van der Waals surface area contributed by atoms with Gasteiger partial charge in [0.25, 0.3) is 5.91 Å². The van der Waals surface area contributed by atoms with Gasteiger partial charge in [0.05, 0.1) is 0 Å². The van der Waals surface area contributed by atoms with Crippen LogP contribution in [0.5, 0.6) is 0 Å². The number of nitrogens with zero attached hydrogens (tertiary/aromatic N) is 1. The van der Waals surface area contributed by atoms with Crippen LogP contribution in [0.3, 0.4) is 0 Å². The Morgan fingerprint density at radius 1 is 1.10 bits per heavy atom. The van der Waals surface area contributed by atoms with Gasteiger partial charge in [0.1, 0.15) is 0 Å². The molecular weight excluding hydrogens is 266 g/mol. The maximum atomic E-state index is 12.0. The van der Waals surface area contributed by atoms with E-state index >= 15 is 0 Å². The summed E-state index contributed by atoms with van der Waals surface area (Å²) in [5, 5.41) is 1.68. The van der Waals surface area contributed by atoms with Crippen LogP contribution in [0, 0.1) is 0 Å². The van der Waals surface area contributed by atoms with E-state index in [0.29, 0.717) is 11.1 Å². The molecule has 0 aliphatic heterocycles. The van der Waals surface area contributed by atoms with Crippen molar-refractivity contribution in [1.29, 1.82) is 0 Å². The number of nitrogens with two attached hydrogens (primary N) is 1. The summed E-state index contributed by atoms with van der Waals surface area (Å²) in [4.78, 5) is 28.3. The zero-order chi connectivity index (χ0) is 15.1. The summed E-state index contributed by atoms with van der Waals surface area (Å²) in [6.45, 7) is 0. The van der Waals surface area contributed by atoms with E-state index < -0.39 is 5.91 Å². The fourth-order valence-corrected chi connectivity index (χ4v) is 2.55. The zero-order valence-electron chi connectivity index (χ0n) is 11.8. The molecule has 1 aromatic heterocycles. The highest BCUT2D eigenvalue weighted by molar-refractivity contribution is 6.18. The van der Waals surface area contributed by atoms with Gasteiger partial charge in [-0.05, 0) is 24.3 Å². The molecule has 0 radical (unpaired) electrons. The monoisotopic (exact) mass is 281 g/mol. The van der Waals surface area contributed by atoms with E-state index in [0.717, 1.165) is 21.8 Å². The number of aromatic amines is 1. The summed E-state index contributed by atoms with van der Waals surface area (Å²) in [5.74, 6) is -0.527. The van der Waals surface area contributed by atoms with Crippen LogP contribution >= 0.6 is 0 Å². The molecule has 2 aromatic carbocycles. The summed E-state index contributed by atoms with van der Waals surface area (Å²) in [7, 11) is 3.42. The SMILES string of the molecule is CN(C)C(=O)c1ccc2c(c1)[nH]c1cccc(C(N)=O)c12. The molecule has 0 spiro atoms. The third kappa shape index (κ3) is 2.03. The van der Waals surface area contributed by atoms with Crippen LogP contribution in [0.25, 0.3) is 21.8 Å². The van der Waals surface area contributed by atoms with E-state index in [4.69, 9.17) is 5.73 Å². The first kappa shape index (κ1) is 13.2. The number of hydrogen-bond donors (Lipinski definition) is 2. The third-order valence-corrected chi connectivity index (χ3v) is 3.54. The Bertz CT molecular complexity index is 878. The van der Waals surface area contributed by atoms with Gasteiger partial charge in [-0.2, -0.15) is 0 Å². The lowest BCUT2D eigenvalue weighted by molar-refractivity contribution is 0.0827. The second kappa shape index (κ2) is 4.63. The Kier molecular flexibility index (Phi) is 2.90. The average molecular weight is 281 g/mol. The van der Waals surface area contributed by atoms with Crippen LogP contribution in [-0.4, -0.2) is 35.8 Å². The summed E-state index contributed by atoms with van der Waals surface area (Å²) in [5.41, 5.74) is 8.15. The lowest BCUT2D eigenvalue weighted by atomic mass is 10.0. The van der Waals surface area contributed by atoms with Gasteiger partial charge in [-0.25, -0.2) is 0 Å². The van der Waals surface area contributed by atoms with Gasteiger partial charge in [0.2, 0.25) is 5.91 Å². The molecule has 0 unspecified atom stereocenters. The number of carbonyl (C=O) groups is 2. The molecule has 3 rings (SSSR count). The maximum Gasteiger partial charge on any atom is 0.253 e. The van der Waals surface area contributed by atoms with Crippen molar-refractivity contribution in [3.8, 4) is 0 Å². The number of fused-ring (bicyclic) bond motifs is 3. The van der Waals surface area contributed by atoms with Crippen molar-refractivity contribution in [2.45, 2.75) is 0 Å². The number of benzene rings is 2. The van der Waals surface area contributed by atoms with Crippen molar-refractivity contribution in [2.75, 3.05) is 14.1 Å². The molecule has 5 nitrogen and oxygen atoms in total. The normalized spacial score (nSPS) is 11.0. The fraction of sp³-hybridized carbons (Fsp3) is 0.125. The molecule has 5 heteroatoms. The first-order valence-electron chi connectivity index (χ1n) is 6.55. The Balaban J connectivity index is 2.30. The van der Waals surface area contributed by atoms with E-state index in [1.807, 2.05) is 12.1 Å². The van der Waals surface area contributed by atoms with Gasteiger partial charge in [0, 0.05) is 47.0 Å². The van der Waals surface area contributed by atoms with Crippen LogP contribution in [0.1, 0.15) is 20.7 Å². The van der Waals surface area contributed by atoms with Crippen molar-refractivity contribution in [3.63, 3.8) is 0 Å². The fourth-order valence-electron chi connectivity index (χ4n) is 2.55. The highest BCUT2D eigenvalue weighted by Gasteiger charge is 2.14. The van der Waals surface area contributed by atoms with E-state index in [2.05, 4.69) is 4.98 Å². The van der Waals surface area contributed by atoms with E-state index in [-0.39, 0.29) is 5.91 Å². The number of H-pyrrole nitrogens is 1. The van der Waals surface area contributed by atoms with Gasteiger partial charge in [-0.3, -0.25) is 9.59 Å². The van der Waals surface area contributed by atoms with Crippen LogP contribution in [0.2, 0.25) is 0 Å². The van der Waals surface area contributed by atoms with E-state index in [9.17, 15) is 9.59 Å². The summed E-state index contributed by atoms with van der Waals surface area (Å²) >= 11 is 0. The first-order chi connectivity index (χ1) is 9.99. The van der Waals surface area contributed by atoms with E-state index in [1.54, 1.807) is 38.4 Å². The molecule has 3 N–H and O–H groups in total. The van der Waals surface area contributed by atoms with Crippen molar-refractivity contribution in [2.24, 2.45) is 5.73 Å². The zero-order valence-corrected chi connectivity index (χ0v) is 11.8. The molecular formula is C16H15N3O2. The Hall–Kier alpha value is -2.82. The van der Waals surface area contributed by atoms with Crippen molar-refractivity contribution in [1.82, 2.24) is 9.88 Å². The number of nitrogens with one attached hydrogen (secondary N) is 1. The molecule has 0 aliphatic carbocycles. The van der Waals surface area contributed by atoms with Crippen LogP contribution in [0.15, 0.2) is 36.4 Å². The largest absolute Gasteiger partial charge is 0.366 e. The number of carbonyl (C=O) groups excluding carboxylic acids is 2. The molecule has 0 bridgehead atoms. The second-order valence-corrected chi connectivity index (χ2v) is 5.18. The minimum atomic E-state index is -0.463. The molecule has 2 amide bonds. The number of rotatable bonds is 2. The van der Waals surface area contributed by atoms with Crippen molar-refractivity contribution >= 4 is 33.6 Å². The Morgan fingerprint density at radius 2 is 1.86 bits per heavy atom. The second-order valence-electron chi connectivity index (χ2n) is 5.18. The van der Waals surface area contributed by atoms with E-state index in [1.165, 1.54) is 4.90 Å². The molecule has 0 atom stereocenters. The molecule has 21 heavy (non-hydrogen) atoms. The number of primary amides is 1. The topological polar surface area (TPSA) is 79.2 Å². The van der Waals surface area contributed by atoms with Gasteiger partial charge in [0.15, 0.2) is 0 Å². The quantitative estimate of drug-likeness (QED) is 0.754. The van der Waals surface area contributed by atoms with Crippen molar-refractivity contribution in [3.05, 3.63) is 47.5 Å². The molecule has 0 fully saturated rings. The van der Waals surface area contributed by atoms with Gasteiger partial charge >= 0.3 is 0 Å². The standard InChI is InChI=1S/C16H15N3O2/c1-19(2)16(21)9-6-7-10-13(8-9)18-12-5-3-4-11(14(10)12)15(17)20/h3-8,18H,1-2H3,(H2,17,20). The smallest absolute Gasteiger partial charge is 0.253 e. The lowest BCUT2D eigenvalue weighted by Crippen LogP contribution is -2.21. The summed E-state index contributed by atoms with van der Waals surface area (Å²) in [6.07, 6.45) is 0. The molecule has 0 saturated heterocycles. The van der Waals surface area contributed by atoms with Crippen LogP contribution in [-0.2, 0) is 0 Å². The van der Waals surface area contributed by atoms with Crippen LogP contribution in [0.4, 0.5) is 0 Å².